The van der Waals surface area contributed by atoms with E-state index < -0.39 is 33.6 Å². The first-order chi connectivity index (χ1) is 16.0. The second-order valence-electron chi connectivity index (χ2n) is 7.14. The number of pyridine rings is 1. The lowest BCUT2D eigenvalue weighted by atomic mass is 9.99. The number of carbonyl (C=O) groups excluding carboxylic acids is 1. The molecular formula is C20H19Cl2FN4O6S. The number of fused-ring (bicyclic) bond motifs is 1. The van der Waals surface area contributed by atoms with Gasteiger partial charge in [-0.05, 0) is 23.3 Å². The fourth-order valence-corrected chi connectivity index (χ4v) is 3.96. The molecule has 0 spiro atoms. The minimum atomic E-state index is -4.01. The van der Waals surface area contributed by atoms with Crippen molar-refractivity contribution in [1.82, 2.24) is 14.6 Å². The summed E-state index contributed by atoms with van der Waals surface area (Å²) < 4.78 is 52.8. The van der Waals surface area contributed by atoms with Crippen molar-refractivity contribution in [3.8, 4) is 5.75 Å². The molecule has 0 radical (unpaired) electrons. The summed E-state index contributed by atoms with van der Waals surface area (Å²) in [6.45, 7) is 0. The lowest BCUT2D eigenvalue weighted by molar-refractivity contribution is 0.172. The van der Waals surface area contributed by atoms with Crippen LogP contribution in [0.15, 0.2) is 33.6 Å². The quantitative estimate of drug-likeness (QED) is 0.352. The molecule has 10 nitrogen and oxygen atoms in total. The Morgan fingerprint density at radius 1 is 1.29 bits per heavy atom. The van der Waals surface area contributed by atoms with E-state index in [-0.39, 0.29) is 39.8 Å². The van der Waals surface area contributed by atoms with Gasteiger partial charge in [0.15, 0.2) is 17.4 Å². The molecule has 1 aromatic carbocycles. The molecule has 0 fully saturated rings. The summed E-state index contributed by atoms with van der Waals surface area (Å²) in [4.78, 5) is 29.5. The number of amides is 1. The molecule has 0 aliphatic rings. The topological polar surface area (TPSA) is 131 Å². The van der Waals surface area contributed by atoms with Crippen LogP contribution in [0.2, 0.25) is 5.02 Å². The zero-order valence-electron chi connectivity index (χ0n) is 18.1. The summed E-state index contributed by atoms with van der Waals surface area (Å²) in [5.41, 5.74) is -0.389. The van der Waals surface area contributed by atoms with Crippen LogP contribution in [0.5, 0.6) is 5.75 Å². The van der Waals surface area contributed by atoms with Gasteiger partial charge in [-0.25, -0.2) is 23.7 Å². The van der Waals surface area contributed by atoms with Crippen LogP contribution in [0.4, 0.5) is 15.0 Å². The predicted octanol–water partition coefficient (Wildman–Crippen LogP) is 3.25. The molecular weight excluding hydrogens is 514 g/mol. The Bertz CT molecular complexity index is 1430. The van der Waals surface area contributed by atoms with Gasteiger partial charge in [0.1, 0.15) is 5.58 Å². The van der Waals surface area contributed by atoms with Crippen LogP contribution in [0.1, 0.15) is 16.7 Å². The molecule has 2 heterocycles. The molecule has 0 bridgehead atoms. The maximum Gasteiger partial charge on any atom is 0.414 e. The molecule has 0 atom stereocenters. The average molecular weight is 533 g/mol. The van der Waals surface area contributed by atoms with Gasteiger partial charge in [-0.15, -0.1) is 11.6 Å². The number of hydrogen-bond acceptors (Lipinski definition) is 7. The van der Waals surface area contributed by atoms with Crippen LogP contribution in [0.3, 0.4) is 0 Å². The summed E-state index contributed by atoms with van der Waals surface area (Å²) in [5.74, 6) is -1.67. The molecule has 34 heavy (non-hydrogen) atoms. The van der Waals surface area contributed by atoms with Crippen molar-refractivity contribution in [2.75, 3.05) is 25.9 Å². The minimum Gasteiger partial charge on any atom is -0.422 e. The first kappa shape index (κ1) is 25.7. The highest BCUT2D eigenvalue weighted by Gasteiger charge is 2.21. The number of rotatable bonds is 7. The maximum absolute atomic E-state index is 15.0. The fourth-order valence-electron chi connectivity index (χ4n) is 2.96. The normalized spacial score (nSPS) is 11.5. The molecule has 182 valence electrons. The Hall–Kier alpha value is -2.93. The number of halogens is 3. The van der Waals surface area contributed by atoms with Crippen LogP contribution < -0.4 is 19.8 Å². The van der Waals surface area contributed by atoms with Crippen molar-refractivity contribution >= 4 is 56.3 Å². The van der Waals surface area contributed by atoms with Crippen molar-refractivity contribution in [3.63, 3.8) is 0 Å². The second kappa shape index (κ2) is 10.1. The third kappa shape index (κ3) is 5.41. The Morgan fingerprint density at radius 2 is 2.00 bits per heavy atom. The van der Waals surface area contributed by atoms with Crippen LogP contribution in [0, 0.1) is 5.82 Å². The summed E-state index contributed by atoms with van der Waals surface area (Å²) in [6, 6.07) is 4.01. The lowest BCUT2D eigenvalue weighted by Gasteiger charge is -2.14. The van der Waals surface area contributed by atoms with Crippen LogP contribution in [0.25, 0.3) is 11.0 Å². The summed E-state index contributed by atoms with van der Waals surface area (Å²) >= 11 is 12.4. The van der Waals surface area contributed by atoms with Crippen molar-refractivity contribution in [1.29, 1.82) is 0 Å². The monoisotopic (exact) mass is 532 g/mol. The summed E-state index contributed by atoms with van der Waals surface area (Å²) in [7, 11) is 0.111. The highest BCUT2D eigenvalue weighted by atomic mass is 35.5. The molecule has 0 aliphatic heterocycles. The number of nitrogens with zero attached hydrogens (tertiary/aromatic N) is 2. The van der Waals surface area contributed by atoms with Gasteiger partial charge in [-0.3, -0.25) is 4.72 Å². The summed E-state index contributed by atoms with van der Waals surface area (Å²) in [5, 5.41) is 0.428. The number of hydrogen-bond donors (Lipinski definition) is 2. The summed E-state index contributed by atoms with van der Waals surface area (Å²) in [6.07, 6.45) is 0.241. The van der Waals surface area contributed by atoms with Crippen molar-refractivity contribution in [2.24, 2.45) is 0 Å². The Kier molecular flexibility index (Phi) is 7.66. The minimum absolute atomic E-state index is 0.0223. The van der Waals surface area contributed by atoms with E-state index in [1.54, 1.807) is 0 Å². The van der Waals surface area contributed by atoms with E-state index in [1.807, 2.05) is 9.44 Å². The molecule has 14 heteroatoms. The first-order valence-corrected chi connectivity index (χ1v) is 11.9. The van der Waals surface area contributed by atoms with Crippen molar-refractivity contribution < 1.29 is 26.8 Å². The van der Waals surface area contributed by atoms with Crippen LogP contribution in [-0.4, -0.2) is 45.5 Å². The zero-order chi connectivity index (χ0) is 25.2. The van der Waals surface area contributed by atoms with Crippen LogP contribution >= 0.6 is 23.2 Å². The van der Waals surface area contributed by atoms with Gasteiger partial charge in [-0.2, -0.15) is 8.42 Å². The average Bonchev–Trinajstić information content (AvgIpc) is 2.77. The molecule has 0 saturated carbocycles. The molecule has 2 N–H and O–H groups in total. The number of ether oxygens (including phenoxy) is 1. The Balaban J connectivity index is 2.08. The predicted molar refractivity (Wildman–Crippen MR) is 125 cm³/mol. The zero-order valence-corrected chi connectivity index (χ0v) is 20.4. The second-order valence-corrected chi connectivity index (χ2v) is 9.43. The maximum atomic E-state index is 15.0. The molecule has 0 saturated heterocycles. The van der Waals surface area contributed by atoms with Gasteiger partial charge >= 0.3 is 11.7 Å². The molecule has 1 amide bonds. The van der Waals surface area contributed by atoms with Crippen molar-refractivity contribution in [2.45, 2.75) is 12.3 Å². The number of benzene rings is 1. The number of anilines is 1. The van der Waals surface area contributed by atoms with E-state index in [0.29, 0.717) is 10.9 Å². The standard InChI is InChI=1S/C20H19Cl2FN4O6S/c1-24-34(30,31)26-18-17(23)10(4-5-25-18)6-12-13(9-21)11-7-14(22)16(33-20(29)27(2)3)8-15(11)32-19(12)28/h4-5,7-8,24H,6,9H2,1-3H3,(H,25,26). The first-order valence-electron chi connectivity index (χ1n) is 9.55. The number of aromatic nitrogens is 1. The van der Waals surface area contributed by atoms with Gasteiger partial charge in [0, 0.05) is 56.7 Å². The van der Waals surface area contributed by atoms with E-state index in [2.05, 4.69) is 4.98 Å². The van der Waals surface area contributed by atoms with E-state index in [9.17, 15) is 22.4 Å². The third-order valence-corrected chi connectivity index (χ3v) is 6.27. The highest BCUT2D eigenvalue weighted by Crippen LogP contribution is 2.34. The third-order valence-electron chi connectivity index (χ3n) is 4.70. The Labute approximate surface area is 203 Å². The molecule has 0 aliphatic carbocycles. The van der Waals surface area contributed by atoms with Gasteiger partial charge in [0.25, 0.3) is 10.2 Å². The molecule has 3 rings (SSSR count). The fraction of sp³-hybridized carbons (Fsp3) is 0.250. The number of alkyl halides is 1. The van der Waals surface area contributed by atoms with Crippen LogP contribution in [-0.2, 0) is 22.5 Å². The Morgan fingerprint density at radius 3 is 2.62 bits per heavy atom. The van der Waals surface area contributed by atoms with E-state index in [0.717, 1.165) is 7.05 Å². The SMILES string of the molecule is CNS(=O)(=O)Nc1nccc(Cc2c(CCl)c3cc(Cl)c(OC(=O)N(C)C)cc3oc2=O)c1F. The molecule has 2 aromatic heterocycles. The smallest absolute Gasteiger partial charge is 0.414 e. The number of nitrogens with one attached hydrogen (secondary N) is 2. The van der Waals surface area contributed by atoms with E-state index in [1.165, 1.54) is 43.4 Å². The van der Waals surface area contributed by atoms with Gasteiger partial charge in [0.05, 0.1) is 5.02 Å². The van der Waals surface area contributed by atoms with Gasteiger partial charge in [-0.1, -0.05) is 11.6 Å². The van der Waals surface area contributed by atoms with E-state index >= 15 is 0 Å². The van der Waals surface area contributed by atoms with E-state index in [4.69, 9.17) is 32.4 Å². The largest absolute Gasteiger partial charge is 0.422 e. The van der Waals surface area contributed by atoms with Crippen molar-refractivity contribution in [3.05, 3.63) is 62.3 Å². The van der Waals surface area contributed by atoms with Gasteiger partial charge < -0.3 is 14.1 Å². The molecule has 0 unspecified atom stereocenters. The lowest BCUT2D eigenvalue weighted by Crippen LogP contribution is -2.27. The van der Waals surface area contributed by atoms with Gasteiger partial charge in [0.2, 0.25) is 0 Å². The highest BCUT2D eigenvalue weighted by molar-refractivity contribution is 7.90. The molecule has 3 aromatic rings. The number of carbonyl (C=O) groups is 1.